The maximum Gasteiger partial charge on any atom is 0.318 e. The summed E-state index contributed by atoms with van der Waals surface area (Å²) < 4.78 is 40.6. The van der Waals surface area contributed by atoms with Crippen LogP contribution in [-0.4, -0.2) is 98.4 Å². The molecule has 2 atom stereocenters. The van der Waals surface area contributed by atoms with Crippen LogP contribution < -0.4 is 14.5 Å². The number of ether oxygens (including phenoxy) is 2. The summed E-state index contributed by atoms with van der Waals surface area (Å²) in [5, 5.41) is 11.1. The number of amides is 1. The van der Waals surface area contributed by atoms with Crippen molar-refractivity contribution >= 4 is 39.8 Å². The molecule has 10 nitrogen and oxygen atoms in total. The van der Waals surface area contributed by atoms with E-state index in [9.17, 15) is 18.8 Å². The van der Waals surface area contributed by atoms with Crippen LogP contribution in [0.5, 0.6) is 6.01 Å². The van der Waals surface area contributed by atoms with Crippen molar-refractivity contribution in [1.82, 2.24) is 19.8 Å². The summed E-state index contributed by atoms with van der Waals surface area (Å²) in [7, 11) is 4.04. The third-order valence-corrected chi connectivity index (χ3v) is 9.59. The van der Waals surface area contributed by atoms with Gasteiger partial charge in [-0.2, -0.15) is 15.2 Å². The Bertz CT molecular complexity index is 1730. The van der Waals surface area contributed by atoms with Gasteiger partial charge in [-0.3, -0.25) is 4.79 Å². The lowest BCUT2D eigenvalue weighted by molar-refractivity contribution is -0.131. The highest BCUT2D eigenvalue weighted by Gasteiger charge is 2.38. The van der Waals surface area contributed by atoms with Crippen LogP contribution in [0.15, 0.2) is 42.7 Å². The van der Waals surface area contributed by atoms with Crippen molar-refractivity contribution < 1.29 is 23.0 Å². The summed E-state index contributed by atoms with van der Waals surface area (Å²) >= 11 is 6.50. The van der Waals surface area contributed by atoms with Gasteiger partial charge < -0.3 is 29.1 Å². The lowest BCUT2D eigenvalue weighted by Crippen LogP contribution is -2.55. The number of hydrogen-bond donors (Lipinski definition) is 0. The number of carbonyl (C=O) groups excluding carboxylic acids is 1. The Balaban J connectivity index is 1.36. The van der Waals surface area contributed by atoms with E-state index in [1.807, 2.05) is 37.2 Å². The summed E-state index contributed by atoms with van der Waals surface area (Å²) in [5.41, 5.74) is 2.29. The Kier molecular flexibility index (Phi) is 9.50. The average molecular weight is 666 g/mol. The minimum atomic E-state index is -1.05. The van der Waals surface area contributed by atoms with Gasteiger partial charge in [-0.15, -0.1) is 0 Å². The molecule has 2 aromatic carbocycles. The molecule has 4 heterocycles. The Morgan fingerprint density at radius 1 is 1.23 bits per heavy atom. The van der Waals surface area contributed by atoms with Crippen molar-refractivity contribution in [3.05, 3.63) is 64.8 Å². The Morgan fingerprint density at radius 2 is 2.06 bits per heavy atom. The van der Waals surface area contributed by atoms with Crippen LogP contribution in [-0.2, 0) is 22.5 Å². The van der Waals surface area contributed by atoms with E-state index in [1.54, 1.807) is 6.07 Å². The van der Waals surface area contributed by atoms with Crippen molar-refractivity contribution in [3.63, 3.8) is 0 Å². The zero-order valence-electron chi connectivity index (χ0n) is 26.6. The van der Waals surface area contributed by atoms with Gasteiger partial charge in [0.05, 0.1) is 42.4 Å². The van der Waals surface area contributed by atoms with Crippen molar-refractivity contribution in [1.29, 1.82) is 5.26 Å². The number of rotatable bonds is 9. The van der Waals surface area contributed by atoms with Gasteiger partial charge in [0.1, 0.15) is 18.2 Å². The highest BCUT2D eigenvalue weighted by atomic mass is 35.5. The summed E-state index contributed by atoms with van der Waals surface area (Å²) in [4.78, 5) is 30.1. The van der Waals surface area contributed by atoms with Gasteiger partial charge in [-0.25, -0.2) is 8.78 Å². The molecule has 3 aliphatic heterocycles. The van der Waals surface area contributed by atoms with Gasteiger partial charge >= 0.3 is 6.01 Å². The largest absolute Gasteiger partial charge is 0.463 e. The summed E-state index contributed by atoms with van der Waals surface area (Å²) in [6.07, 6.45) is 1.46. The number of fused-ring (bicyclic) bond motifs is 2. The molecule has 6 rings (SSSR count). The molecule has 47 heavy (non-hydrogen) atoms. The maximum absolute atomic E-state index is 14.6. The molecule has 0 radical (unpaired) electrons. The van der Waals surface area contributed by atoms with Gasteiger partial charge in [-0.1, -0.05) is 36.4 Å². The monoisotopic (exact) mass is 665 g/mol. The minimum Gasteiger partial charge on any atom is -0.463 e. The zero-order chi connectivity index (χ0) is 33.3. The molecule has 0 saturated carbocycles. The predicted octanol–water partition coefficient (Wildman–Crippen LogP) is 4.75. The van der Waals surface area contributed by atoms with E-state index < -0.39 is 23.6 Å². The number of nitrogens with zero attached hydrogens (tertiary/aromatic N) is 7. The zero-order valence-corrected chi connectivity index (χ0v) is 27.4. The maximum atomic E-state index is 14.6. The first-order chi connectivity index (χ1) is 22.6. The molecule has 1 aromatic heterocycles. The SMILES string of the molecule is C=C(F)C(=O)N1CCN(c2nc(OCC3(CN(C)C)CCOC3)nc3c2CCN(c2cccc4ccc(F)c(Cl)c24)C3)C[C@@H]1CC#N. The number of anilines is 2. The van der Waals surface area contributed by atoms with Crippen molar-refractivity contribution in [2.45, 2.75) is 31.8 Å². The normalized spacial score (nSPS) is 21.2. The molecule has 2 saturated heterocycles. The third-order valence-electron chi connectivity index (χ3n) is 9.22. The lowest BCUT2D eigenvalue weighted by atomic mass is 9.88. The van der Waals surface area contributed by atoms with Gasteiger partial charge in [0, 0.05) is 61.4 Å². The summed E-state index contributed by atoms with van der Waals surface area (Å²) in [6, 6.07) is 10.7. The lowest BCUT2D eigenvalue weighted by Gasteiger charge is -2.42. The van der Waals surface area contributed by atoms with Crippen LogP contribution in [0.2, 0.25) is 5.02 Å². The fourth-order valence-corrected chi connectivity index (χ4v) is 7.32. The quantitative estimate of drug-likeness (QED) is 0.300. The molecular formula is C34H38ClF2N7O3. The molecule has 0 aliphatic carbocycles. The van der Waals surface area contributed by atoms with E-state index in [0.29, 0.717) is 57.1 Å². The molecule has 0 bridgehead atoms. The third kappa shape index (κ3) is 6.70. The number of aromatic nitrogens is 2. The fourth-order valence-electron chi connectivity index (χ4n) is 7.05. The smallest absolute Gasteiger partial charge is 0.318 e. The Hall–Kier alpha value is -4.05. The van der Waals surface area contributed by atoms with Crippen LogP contribution >= 0.6 is 11.6 Å². The highest BCUT2D eigenvalue weighted by molar-refractivity contribution is 6.36. The number of halogens is 3. The average Bonchev–Trinajstić information content (AvgIpc) is 3.52. The van der Waals surface area contributed by atoms with Crippen LogP contribution in [0, 0.1) is 22.6 Å². The first-order valence-electron chi connectivity index (χ1n) is 15.7. The number of nitriles is 1. The van der Waals surface area contributed by atoms with Crippen molar-refractivity contribution in [3.8, 4) is 12.1 Å². The molecule has 0 N–H and O–H groups in total. The van der Waals surface area contributed by atoms with E-state index in [4.69, 9.17) is 31.0 Å². The van der Waals surface area contributed by atoms with Gasteiger partial charge in [0.2, 0.25) is 0 Å². The Morgan fingerprint density at radius 3 is 2.79 bits per heavy atom. The van der Waals surface area contributed by atoms with Gasteiger partial charge in [0.25, 0.3) is 5.91 Å². The van der Waals surface area contributed by atoms with Crippen LogP contribution in [0.1, 0.15) is 24.1 Å². The second-order valence-electron chi connectivity index (χ2n) is 12.9. The van der Waals surface area contributed by atoms with E-state index in [1.165, 1.54) is 11.0 Å². The molecule has 1 unspecified atom stereocenters. The number of benzene rings is 2. The van der Waals surface area contributed by atoms with Gasteiger partial charge in [-0.05, 0) is 44.5 Å². The van der Waals surface area contributed by atoms with E-state index >= 15 is 0 Å². The standard InChI is InChI=1S/C34H38ClF2N7O3/c1-22(36)32(45)44-15-14-43(17-24(44)9-12-38)31-25-10-13-42(28-6-4-5-23-7-8-26(37)30(35)29(23)28)18-27(25)39-33(40-31)47-21-34(19-41(2)3)11-16-46-20-34/h4-8,24H,1,9-11,13-21H2,2-3H3/t24-,34?/m0/s1. The highest BCUT2D eigenvalue weighted by Crippen LogP contribution is 2.39. The molecule has 3 aromatic rings. The van der Waals surface area contributed by atoms with Crippen molar-refractivity contribution in [2.75, 3.05) is 76.4 Å². The second kappa shape index (κ2) is 13.6. The van der Waals surface area contributed by atoms with E-state index in [-0.39, 0.29) is 36.0 Å². The summed E-state index contributed by atoms with van der Waals surface area (Å²) in [5.74, 6) is -1.66. The molecule has 248 valence electrons. The van der Waals surface area contributed by atoms with Crippen molar-refractivity contribution in [2.24, 2.45) is 5.41 Å². The minimum absolute atomic E-state index is 0.0331. The van der Waals surface area contributed by atoms with E-state index in [2.05, 4.69) is 22.4 Å². The molecular weight excluding hydrogens is 628 g/mol. The number of hydrogen-bond acceptors (Lipinski definition) is 9. The first kappa shape index (κ1) is 32.9. The van der Waals surface area contributed by atoms with Crippen LogP contribution in [0.25, 0.3) is 10.8 Å². The van der Waals surface area contributed by atoms with Gasteiger partial charge in [0.15, 0.2) is 5.83 Å². The summed E-state index contributed by atoms with van der Waals surface area (Å²) in [6.45, 7) is 7.42. The predicted molar refractivity (Wildman–Crippen MR) is 176 cm³/mol. The number of carbonyl (C=O) groups is 1. The molecule has 2 fully saturated rings. The van der Waals surface area contributed by atoms with Crippen LogP contribution in [0.4, 0.5) is 20.3 Å². The molecule has 3 aliphatic rings. The van der Waals surface area contributed by atoms with E-state index in [0.717, 1.165) is 35.3 Å². The molecule has 13 heteroatoms. The Labute approximate surface area is 278 Å². The fraction of sp³-hybridized carbons (Fsp3) is 0.471. The second-order valence-corrected chi connectivity index (χ2v) is 13.2. The topological polar surface area (TPSA) is 98.1 Å². The molecule has 1 amide bonds. The number of piperazine rings is 1. The molecule has 0 spiro atoms. The van der Waals surface area contributed by atoms with Crippen LogP contribution in [0.3, 0.4) is 0 Å². The first-order valence-corrected chi connectivity index (χ1v) is 16.1.